The third-order valence-corrected chi connectivity index (χ3v) is 6.67. The van der Waals surface area contributed by atoms with Crippen molar-refractivity contribution in [3.8, 4) is 0 Å². The van der Waals surface area contributed by atoms with E-state index in [2.05, 4.69) is 42.2 Å². The molecule has 12 nitrogen and oxygen atoms in total. The van der Waals surface area contributed by atoms with Gasteiger partial charge in [-0.05, 0) is 38.2 Å². The number of nitrogens with zero attached hydrogens (tertiary/aromatic N) is 7. The van der Waals surface area contributed by atoms with Crippen LogP contribution in [0.4, 0.5) is 23.1 Å². The van der Waals surface area contributed by atoms with Crippen LogP contribution in [0, 0.1) is 0 Å². The second kappa shape index (κ2) is 10.3. The minimum Gasteiger partial charge on any atom is -0.365 e. The Bertz CT molecular complexity index is 1330. The summed E-state index contributed by atoms with van der Waals surface area (Å²) in [5.41, 5.74) is 9.01. The van der Waals surface area contributed by atoms with Crippen molar-refractivity contribution >= 4 is 35.0 Å². The van der Waals surface area contributed by atoms with Crippen LogP contribution < -0.4 is 16.4 Å². The SMILES string of the molecule is C=CC(=O)N1CCC[C@H](n2cc(Nc3ncc(C(N)=O)c(Nc4c(CC)ncnc4C4CC4)n3)cn2)C1. The van der Waals surface area contributed by atoms with Gasteiger partial charge in [-0.3, -0.25) is 14.3 Å². The van der Waals surface area contributed by atoms with E-state index >= 15 is 0 Å². The lowest BCUT2D eigenvalue weighted by atomic mass is 10.1. The van der Waals surface area contributed by atoms with E-state index in [0.29, 0.717) is 24.6 Å². The first-order valence-electron chi connectivity index (χ1n) is 12.5. The molecule has 2 amide bonds. The number of carbonyl (C=O) groups is 2. The molecule has 1 saturated heterocycles. The lowest BCUT2D eigenvalue weighted by molar-refractivity contribution is -0.127. The summed E-state index contributed by atoms with van der Waals surface area (Å²) in [5.74, 6) is 0.228. The predicted molar refractivity (Wildman–Crippen MR) is 138 cm³/mol. The van der Waals surface area contributed by atoms with Crippen molar-refractivity contribution < 1.29 is 9.59 Å². The average Bonchev–Trinajstić information content (AvgIpc) is 3.66. The number of amides is 2. The summed E-state index contributed by atoms with van der Waals surface area (Å²) in [6.07, 6.45) is 12.5. The fourth-order valence-electron chi connectivity index (χ4n) is 4.58. The van der Waals surface area contributed by atoms with E-state index in [1.165, 1.54) is 12.3 Å². The first-order chi connectivity index (χ1) is 18.0. The van der Waals surface area contributed by atoms with E-state index in [0.717, 1.165) is 49.3 Å². The van der Waals surface area contributed by atoms with Crippen LogP contribution in [-0.4, -0.2) is 59.5 Å². The molecule has 2 aliphatic rings. The maximum atomic E-state index is 12.1. The van der Waals surface area contributed by atoms with Crippen molar-refractivity contribution in [2.24, 2.45) is 5.73 Å². The van der Waals surface area contributed by atoms with Crippen LogP contribution in [-0.2, 0) is 11.2 Å². The number of anilines is 4. The molecule has 0 aromatic carbocycles. The van der Waals surface area contributed by atoms with Gasteiger partial charge in [0.1, 0.15) is 17.7 Å². The third-order valence-electron chi connectivity index (χ3n) is 6.67. The van der Waals surface area contributed by atoms with Crippen molar-refractivity contribution in [1.29, 1.82) is 0 Å². The maximum absolute atomic E-state index is 12.1. The fraction of sp³-hybridized carbons (Fsp3) is 0.400. The molecule has 37 heavy (non-hydrogen) atoms. The molecule has 1 atom stereocenters. The van der Waals surface area contributed by atoms with E-state index in [4.69, 9.17) is 5.73 Å². The van der Waals surface area contributed by atoms with Gasteiger partial charge in [-0.2, -0.15) is 10.1 Å². The van der Waals surface area contributed by atoms with Gasteiger partial charge in [0.2, 0.25) is 11.9 Å². The molecule has 3 aromatic rings. The molecule has 0 unspecified atom stereocenters. The summed E-state index contributed by atoms with van der Waals surface area (Å²) in [5, 5.41) is 10.9. The number of primary amides is 1. The van der Waals surface area contributed by atoms with Gasteiger partial charge >= 0.3 is 0 Å². The fourth-order valence-corrected chi connectivity index (χ4v) is 4.58. The number of carbonyl (C=O) groups excluding carboxylic acids is 2. The zero-order valence-electron chi connectivity index (χ0n) is 20.7. The molecule has 3 aromatic heterocycles. The number of aryl methyl sites for hydroxylation is 1. The zero-order valence-corrected chi connectivity index (χ0v) is 20.7. The standard InChI is InChI=1S/C25H30N10O2/c1-3-19-22(21(15-7-8-15)29-14-28-19)32-24-18(23(26)37)11-27-25(33-24)31-16-10-30-35(12-16)17-6-5-9-34(13-17)20(36)4-2/h4,10-12,14-15,17H,2-3,5-9,13H2,1H3,(H2,26,37)(H2,27,31,32,33)/t17-/m0/s1. The Balaban J connectivity index is 1.38. The van der Waals surface area contributed by atoms with Gasteiger partial charge in [-0.25, -0.2) is 15.0 Å². The zero-order chi connectivity index (χ0) is 25.9. The maximum Gasteiger partial charge on any atom is 0.254 e. The molecule has 192 valence electrons. The highest BCUT2D eigenvalue weighted by Crippen LogP contribution is 2.43. The molecule has 12 heteroatoms. The summed E-state index contributed by atoms with van der Waals surface area (Å²) in [4.78, 5) is 43.7. The quantitative estimate of drug-likeness (QED) is 0.374. The minimum atomic E-state index is -0.638. The van der Waals surface area contributed by atoms with Gasteiger partial charge in [0.15, 0.2) is 0 Å². The number of likely N-dealkylation sites (tertiary alicyclic amines) is 1. The molecule has 5 rings (SSSR count). The van der Waals surface area contributed by atoms with Gasteiger partial charge in [-0.15, -0.1) is 0 Å². The van der Waals surface area contributed by atoms with E-state index in [1.807, 2.05) is 17.8 Å². The summed E-state index contributed by atoms with van der Waals surface area (Å²) in [6.45, 7) is 6.89. The number of rotatable bonds is 9. The van der Waals surface area contributed by atoms with Crippen molar-refractivity contribution in [2.45, 2.75) is 51.0 Å². The van der Waals surface area contributed by atoms with Crippen molar-refractivity contribution in [3.05, 3.63) is 54.5 Å². The van der Waals surface area contributed by atoms with E-state index in [1.54, 1.807) is 17.4 Å². The Morgan fingerprint density at radius 2 is 2.03 bits per heavy atom. The monoisotopic (exact) mass is 502 g/mol. The Labute approximate surface area is 214 Å². The van der Waals surface area contributed by atoms with Crippen molar-refractivity contribution in [1.82, 2.24) is 34.6 Å². The highest BCUT2D eigenvalue weighted by molar-refractivity contribution is 5.98. The van der Waals surface area contributed by atoms with Crippen LogP contribution in [0.1, 0.15) is 66.3 Å². The van der Waals surface area contributed by atoms with E-state index in [9.17, 15) is 9.59 Å². The number of nitrogens with one attached hydrogen (secondary N) is 2. The molecule has 4 heterocycles. The van der Waals surface area contributed by atoms with E-state index < -0.39 is 5.91 Å². The molecule has 0 bridgehead atoms. The van der Waals surface area contributed by atoms with Crippen molar-refractivity contribution in [2.75, 3.05) is 23.7 Å². The third kappa shape index (κ3) is 5.27. The molecule has 4 N–H and O–H groups in total. The number of hydrogen-bond donors (Lipinski definition) is 3. The van der Waals surface area contributed by atoms with Crippen LogP contribution in [0.25, 0.3) is 0 Å². The van der Waals surface area contributed by atoms with Gasteiger partial charge < -0.3 is 21.3 Å². The largest absolute Gasteiger partial charge is 0.365 e. The Morgan fingerprint density at radius 1 is 1.19 bits per heavy atom. The first kappa shape index (κ1) is 24.3. The Morgan fingerprint density at radius 3 is 2.76 bits per heavy atom. The first-order valence-corrected chi connectivity index (χ1v) is 12.5. The second-order valence-corrected chi connectivity index (χ2v) is 9.27. The van der Waals surface area contributed by atoms with Crippen LogP contribution in [0.5, 0.6) is 0 Å². The minimum absolute atomic E-state index is 0.0648. The summed E-state index contributed by atoms with van der Waals surface area (Å²) in [6, 6.07) is 0.0648. The highest BCUT2D eigenvalue weighted by Gasteiger charge is 2.30. The lowest BCUT2D eigenvalue weighted by Gasteiger charge is -2.32. The summed E-state index contributed by atoms with van der Waals surface area (Å²) < 4.78 is 1.85. The normalized spacial score (nSPS) is 17.3. The average molecular weight is 503 g/mol. The van der Waals surface area contributed by atoms with Crippen molar-refractivity contribution in [3.63, 3.8) is 0 Å². The van der Waals surface area contributed by atoms with Gasteiger partial charge in [-0.1, -0.05) is 13.5 Å². The molecular formula is C25H30N10O2. The molecule has 1 saturated carbocycles. The van der Waals surface area contributed by atoms with Gasteiger partial charge in [0.25, 0.3) is 5.91 Å². The molecule has 1 aliphatic heterocycles. The molecule has 0 spiro atoms. The second-order valence-electron chi connectivity index (χ2n) is 9.27. The number of aromatic nitrogens is 6. The number of nitrogens with two attached hydrogens (primary N) is 1. The highest BCUT2D eigenvalue weighted by atomic mass is 16.2. The number of piperidine rings is 1. The molecular weight excluding hydrogens is 472 g/mol. The Kier molecular flexibility index (Phi) is 6.80. The van der Waals surface area contributed by atoms with Crippen LogP contribution in [0.15, 0.2) is 37.6 Å². The van der Waals surface area contributed by atoms with Gasteiger partial charge in [0.05, 0.1) is 35.0 Å². The topological polar surface area (TPSA) is 157 Å². The summed E-state index contributed by atoms with van der Waals surface area (Å²) >= 11 is 0. The van der Waals surface area contributed by atoms with Crippen LogP contribution in [0.3, 0.4) is 0 Å². The number of hydrogen-bond acceptors (Lipinski definition) is 9. The smallest absolute Gasteiger partial charge is 0.254 e. The van der Waals surface area contributed by atoms with E-state index in [-0.39, 0.29) is 29.3 Å². The van der Waals surface area contributed by atoms with Crippen LogP contribution >= 0.6 is 0 Å². The lowest BCUT2D eigenvalue weighted by Crippen LogP contribution is -2.39. The molecule has 1 aliphatic carbocycles. The predicted octanol–water partition coefficient (Wildman–Crippen LogP) is 2.84. The Hall–Kier alpha value is -4.35. The molecule has 2 fully saturated rings. The molecule has 0 radical (unpaired) electrons. The summed E-state index contributed by atoms with van der Waals surface area (Å²) in [7, 11) is 0. The van der Waals surface area contributed by atoms with Gasteiger partial charge in [0, 0.05) is 31.4 Å². The van der Waals surface area contributed by atoms with Crippen LogP contribution in [0.2, 0.25) is 0 Å².